The van der Waals surface area contributed by atoms with Gasteiger partial charge < -0.3 is 0 Å². The van der Waals surface area contributed by atoms with Gasteiger partial charge >= 0.3 is 0 Å². The second kappa shape index (κ2) is 18.9. The number of hydrogen-bond donors (Lipinski definition) is 1. The maximum atomic E-state index is 4.34. The average molecular weight is 379 g/mol. The van der Waals surface area contributed by atoms with Crippen molar-refractivity contribution in [3.05, 3.63) is 0 Å². The van der Waals surface area contributed by atoms with E-state index in [2.05, 4.69) is 35.5 Å². The van der Waals surface area contributed by atoms with Crippen LogP contribution in [0.1, 0.15) is 116 Å². The number of rotatable bonds is 17. The summed E-state index contributed by atoms with van der Waals surface area (Å²) in [4.78, 5) is 0. The van der Waals surface area contributed by atoms with Gasteiger partial charge in [0.2, 0.25) is 0 Å². The van der Waals surface area contributed by atoms with Crippen LogP contribution >= 0.6 is 28.6 Å². The first-order valence-corrected chi connectivity index (χ1v) is 11.0. The quantitative estimate of drug-likeness (QED) is 0.147. The minimum absolute atomic E-state index is 0.407. The third-order valence-corrected chi connectivity index (χ3v) is 5.01. The van der Waals surface area contributed by atoms with Crippen LogP contribution in [0, 0.1) is 0 Å². The molecule has 0 radical (unpaired) electrons. The van der Waals surface area contributed by atoms with Gasteiger partial charge in [0, 0.05) is 0 Å². The molecule has 0 aliphatic rings. The van der Waals surface area contributed by atoms with Gasteiger partial charge in [-0.3, -0.25) is 0 Å². The van der Waals surface area contributed by atoms with E-state index in [1.165, 1.54) is 109 Å². The summed E-state index contributed by atoms with van der Waals surface area (Å²) in [6.07, 6.45) is 24.3. The molecule has 0 fully saturated rings. The summed E-state index contributed by atoms with van der Waals surface area (Å²) in [7, 11) is 0. The highest BCUT2D eigenvalue weighted by Crippen LogP contribution is 2.16. The standard InChI is InChI=1S/C19H39BrS/c1-2-3-4-5-6-7-8-9-10-11-12-13-14-15-16-17-18-19(20)21/h19,21H,2-18H2,1H3. The highest BCUT2D eigenvalue weighted by molar-refractivity contribution is 9.11. The van der Waals surface area contributed by atoms with Crippen LogP contribution in [0.15, 0.2) is 0 Å². The van der Waals surface area contributed by atoms with E-state index in [-0.39, 0.29) is 0 Å². The van der Waals surface area contributed by atoms with Crippen LogP contribution < -0.4 is 0 Å². The number of unbranched alkanes of at least 4 members (excludes halogenated alkanes) is 15. The van der Waals surface area contributed by atoms with Crippen LogP contribution in [0.4, 0.5) is 0 Å². The van der Waals surface area contributed by atoms with Crippen LogP contribution in [0.5, 0.6) is 0 Å². The van der Waals surface area contributed by atoms with Gasteiger partial charge in [-0.2, -0.15) is 12.6 Å². The van der Waals surface area contributed by atoms with E-state index < -0.39 is 0 Å². The molecule has 1 atom stereocenters. The molecule has 1 unspecified atom stereocenters. The van der Waals surface area contributed by atoms with Gasteiger partial charge in [-0.15, -0.1) is 0 Å². The van der Waals surface area contributed by atoms with Crippen molar-refractivity contribution < 1.29 is 0 Å². The molecule has 0 heterocycles. The average Bonchev–Trinajstić information content (AvgIpc) is 2.46. The van der Waals surface area contributed by atoms with Gasteiger partial charge in [-0.1, -0.05) is 126 Å². The van der Waals surface area contributed by atoms with Gasteiger partial charge in [-0.25, -0.2) is 0 Å². The Labute approximate surface area is 148 Å². The minimum Gasteiger partial charge on any atom is -0.164 e. The van der Waals surface area contributed by atoms with Gasteiger partial charge in [0.15, 0.2) is 0 Å². The summed E-state index contributed by atoms with van der Waals surface area (Å²) in [5.41, 5.74) is 0. The fraction of sp³-hybridized carbons (Fsp3) is 1.00. The van der Waals surface area contributed by atoms with Crippen molar-refractivity contribution in [1.82, 2.24) is 0 Å². The first-order chi connectivity index (χ1) is 10.3. The van der Waals surface area contributed by atoms with E-state index in [4.69, 9.17) is 0 Å². The van der Waals surface area contributed by atoms with Gasteiger partial charge in [-0.05, 0) is 6.42 Å². The molecule has 0 aromatic heterocycles. The molecular weight excluding hydrogens is 340 g/mol. The Kier molecular flexibility index (Phi) is 19.6. The maximum Gasteiger partial charge on any atom is 0.0570 e. The molecule has 0 aliphatic carbocycles. The molecular formula is C19H39BrS. The minimum atomic E-state index is 0.407. The summed E-state index contributed by atoms with van der Waals surface area (Å²) >= 11 is 7.82. The van der Waals surface area contributed by atoms with Crippen LogP contribution in [0.3, 0.4) is 0 Å². The molecule has 21 heavy (non-hydrogen) atoms. The molecule has 0 N–H and O–H groups in total. The molecule has 0 spiro atoms. The molecule has 0 saturated carbocycles. The Morgan fingerprint density at radius 2 is 0.857 bits per heavy atom. The summed E-state index contributed by atoms with van der Waals surface area (Å²) in [6, 6.07) is 0. The molecule has 0 aliphatic heterocycles. The lowest BCUT2D eigenvalue weighted by Gasteiger charge is -2.04. The molecule has 0 amide bonds. The Hall–Kier alpha value is 0.830. The molecule has 0 bridgehead atoms. The monoisotopic (exact) mass is 378 g/mol. The lowest BCUT2D eigenvalue weighted by molar-refractivity contribution is 0.529. The lowest BCUT2D eigenvalue weighted by atomic mass is 10.0. The van der Waals surface area contributed by atoms with E-state index in [1.807, 2.05) is 0 Å². The van der Waals surface area contributed by atoms with E-state index in [0.717, 1.165) is 0 Å². The second-order valence-corrected chi connectivity index (χ2v) is 8.96. The van der Waals surface area contributed by atoms with E-state index in [1.54, 1.807) is 0 Å². The number of hydrogen-bond acceptors (Lipinski definition) is 1. The van der Waals surface area contributed by atoms with Crippen molar-refractivity contribution in [3.8, 4) is 0 Å². The third kappa shape index (κ3) is 20.8. The zero-order chi connectivity index (χ0) is 15.6. The van der Waals surface area contributed by atoms with Crippen molar-refractivity contribution in [2.45, 2.75) is 120 Å². The third-order valence-electron chi connectivity index (χ3n) is 4.30. The zero-order valence-corrected chi connectivity index (χ0v) is 16.9. The van der Waals surface area contributed by atoms with Gasteiger partial charge in [0.1, 0.15) is 0 Å². The van der Waals surface area contributed by atoms with E-state index in [0.29, 0.717) is 4.16 Å². The summed E-state index contributed by atoms with van der Waals surface area (Å²) in [5.74, 6) is 0. The topological polar surface area (TPSA) is 0 Å². The molecule has 0 rings (SSSR count). The Morgan fingerprint density at radius 1 is 0.571 bits per heavy atom. The van der Waals surface area contributed by atoms with Crippen molar-refractivity contribution >= 4 is 28.6 Å². The Balaban J connectivity index is 2.93. The molecule has 0 saturated heterocycles. The molecule has 0 aromatic rings. The number of halogens is 1. The fourth-order valence-electron chi connectivity index (χ4n) is 2.86. The normalized spacial score (nSPS) is 12.7. The van der Waals surface area contributed by atoms with Gasteiger partial charge in [0.05, 0.1) is 4.16 Å². The fourth-order valence-corrected chi connectivity index (χ4v) is 3.37. The summed E-state index contributed by atoms with van der Waals surface area (Å²) in [6.45, 7) is 2.29. The number of alkyl halides is 1. The Morgan fingerprint density at radius 3 is 1.14 bits per heavy atom. The van der Waals surface area contributed by atoms with Gasteiger partial charge in [0.25, 0.3) is 0 Å². The maximum absolute atomic E-state index is 4.34. The highest BCUT2D eigenvalue weighted by atomic mass is 79.9. The molecule has 2 heteroatoms. The molecule has 0 nitrogen and oxygen atoms in total. The Bertz CT molecular complexity index is 182. The first-order valence-electron chi connectivity index (χ1n) is 9.59. The lowest BCUT2D eigenvalue weighted by Crippen LogP contribution is -1.87. The van der Waals surface area contributed by atoms with E-state index in [9.17, 15) is 0 Å². The SMILES string of the molecule is CCCCCCCCCCCCCCCCCCC(S)Br. The molecule has 0 aromatic carbocycles. The summed E-state index contributed by atoms with van der Waals surface area (Å²) < 4.78 is 0.407. The number of thiol groups is 1. The first kappa shape index (κ1) is 21.8. The van der Waals surface area contributed by atoms with Crippen LogP contribution in [0.2, 0.25) is 0 Å². The predicted molar refractivity (Wildman–Crippen MR) is 106 cm³/mol. The summed E-state index contributed by atoms with van der Waals surface area (Å²) in [5, 5.41) is 0. The van der Waals surface area contributed by atoms with Crippen LogP contribution in [-0.4, -0.2) is 4.16 Å². The predicted octanol–water partition coefficient (Wildman–Crippen LogP) is 8.29. The van der Waals surface area contributed by atoms with Crippen molar-refractivity contribution in [2.75, 3.05) is 0 Å². The van der Waals surface area contributed by atoms with Crippen molar-refractivity contribution in [1.29, 1.82) is 0 Å². The van der Waals surface area contributed by atoms with Crippen LogP contribution in [0.25, 0.3) is 0 Å². The largest absolute Gasteiger partial charge is 0.164 e. The second-order valence-electron chi connectivity index (χ2n) is 6.53. The molecule has 128 valence electrons. The van der Waals surface area contributed by atoms with Crippen LogP contribution in [-0.2, 0) is 0 Å². The highest BCUT2D eigenvalue weighted by Gasteiger charge is 1.97. The van der Waals surface area contributed by atoms with Crippen molar-refractivity contribution in [2.24, 2.45) is 0 Å². The smallest absolute Gasteiger partial charge is 0.0570 e. The van der Waals surface area contributed by atoms with Crippen molar-refractivity contribution in [3.63, 3.8) is 0 Å². The zero-order valence-electron chi connectivity index (χ0n) is 14.4. The van der Waals surface area contributed by atoms with E-state index >= 15 is 0 Å².